The molecule has 4 heteroatoms. The van der Waals surface area contributed by atoms with Crippen molar-refractivity contribution in [2.24, 2.45) is 11.8 Å². The molecule has 0 radical (unpaired) electrons. The molecule has 2 fully saturated rings. The van der Waals surface area contributed by atoms with E-state index in [9.17, 15) is 8.42 Å². The van der Waals surface area contributed by atoms with E-state index in [2.05, 4.69) is 4.72 Å². The van der Waals surface area contributed by atoms with E-state index in [4.69, 9.17) is 0 Å². The summed E-state index contributed by atoms with van der Waals surface area (Å²) in [5.41, 5.74) is 1.10. The zero-order valence-corrected chi connectivity index (χ0v) is 13.3. The van der Waals surface area contributed by atoms with Crippen LogP contribution in [-0.2, 0) is 10.0 Å². The number of hydrogen-bond acceptors (Lipinski definition) is 2. The van der Waals surface area contributed by atoms with E-state index in [1.165, 1.54) is 19.3 Å². The van der Waals surface area contributed by atoms with Crippen LogP contribution in [-0.4, -0.2) is 14.2 Å². The molecule has 0 amide bonds. The highest BCUT2D eigenvalue weighted by atomic mass is 32.2. The van der Waals surface area contributed by atoms with Gasteiger partial charge in [0, 0.05) is 6.04 Å². The average molecular weight is 307 g/mol. The van der Waals surface area contributed by atoms with E-state index >= 15 is 0 Å². The molecule has 1 N–H and O–H groups in total. The highest BCUT2D eigenvalue weighted by Crippen LogP contribution is 2.41. The maximum Gasteiger partial charge on any atom is 0.212 e. The highest BCUT2D eigenvalue weighted by molar-refractivity contribution is 7.89. The quantitative estimate of drug-likeness (QED) is 0.872. The second-order valence-electron chi connectivity index (χ2n) is 6.63. The first-order valence-corrected chi connectivity index (χ1v) is 9.84. The minimum atomic E-state index is -3.18. The van der Waals surface area contributed by atoms with Crippen LogP contribution in [0.3, 0.4) is 0 Å². The molecule has 0 heterocycles. The van der Waals surface area contributed by atoms with Crippen LogP contribution >= 0.6 is 0 Å². The standard InChI is InChI=1S/C17H25NO2S/c19-21(20,13-14-7-3-1-4-8-14)18-17(16-11-12-16)15-9-5-2-6-10-15/h2,5-6,9-10,14,16-18H,1,3-4,7-8,11-13H2. The Morgan fingerprint density at radius 1 is 1.00 bits per heavy atom. The molecule has 1 aromatic carbocycles. The molecular weight excluding hydrogens is 282 g/mol. The van der Waals surface area contributed by atoms with Crippen molar-refractivity contribution in [3.8, 4) is 0 Å². The first-order chi connectivity index (χ1) is 10.1. The Kier molecular flexibility index (Phi) is 4.65. The van der Waals surface area contributed by atoms with Gasteiger partial charge in [-0.1, -0.05) is 49.6 Å². The number of benzene rings is 1. The molecule has 0 aliphatic heterocycles. The number of rotatable bonds is 6. The van der Waals surface area contributed by atoms with E-state index in [1.807, 2.05) is 30.3 Å². The second-order valence-corrected chi connectivity index (χ2v) is 8.43. The van der Waals surface area contributed by atoms with Gasteiger partial charge in [0.15, 0.2) is 0 Å². The van der Waals surface area contributed by atoms with Gasteiger partial charge in [-0.15, -0.1) is 0 Å². The lowest BCUT2D eigenvalue weighted by Gasteiger charge is -2.24. The molecule has 3 rings (SSSR count). The topological polar surface area (TPSA) is 46.2 Å². The molecule has 21 heavy (non-hydrogen) atoms. The summed E-state index contributed by atoms with van der Waals surface area (Å²) >= 11 is 0. The van der Waals surface area contributed by atoms with E-state index in [1.54, 1.807) is 0 Å². The molecule has 0 aromatic heterocycles. The molecule has 0 bridgehead atoms. The lowest BCUT2D eigenvalue weighted by molar-refractivity contribution is 0.382. The Labute approximate surface area is 128 Å². The van der Waals surface area contributed by atoms with Crippen molar-refractivity contribution in [2.75, 3.05) is 5.75 Å². The molecule has 2 saturated carbocycles. The summed E-state index contributed by atoms with van der Waals surface area (Å²) in [6.45, 7) is 0. The van der Waals surface area contributed by atoms with Crippen LogP contribution in [0.4, 0.5) is 0 Å². The van der Waals surface area contributed by atoms with Crippen molar-refractivity contribution >= 4 is 10.0 Å². The number of sulfonamides is 1. The normalized spacial score (nSPS) is 22.1. The largest absolute Gasteiger partial charge is 0.212 e. The van der Waals surface area contributed by atoms with Crippen molar-refractivity contribution in [3.05, 3.63) is 35.9 Å². The fourth-order valence-corrected chi connectivity index (χ4v) is 5.20. The number of nitrogens with one attached hydrogen (secondary N) is 1. The second kappa shape index (κ2) is 6.49. The van der Waals surface area contributed by atoms with Crippen molar-refractivity contribution in [1.29, 1.82) is 0 Å². The Morgan fingerprint density at radius 2 is 1.67 bits per heavy atom. The zero-order valence-electron chi connectivity index (χ0n) is 12.5. The minimum Gasteiger partial charge on any atom is -0.212 e. The van der Waals surface area contributed by atoms with Gasteiger partial charge in [-0.25, -0.2) is 13.1 Å². The van der Waals surface area contributed by atoms with Gasteiger partial charge in [-0.05, 0) is 43.1 Å². The van der Waals surface area contributed by atoms with E-state index in [-0.39, 0.29) is 6.04 Å². The summed E-state index contributed by atoms with van der Waals surface area (Å²) in [5.74, 6) is 1.14. The summed E-state index contributed by atoms with van der Waals surface area (Å²) in [6, 6.07) is 9.99. The zero-order chi connectivity index (χ0) is 14.7. The van der Waals surface area contributed by atoms with Crippen molar-refractivity contribution in [2.45, 2.75) is 51.0 Å². The summed E-state index contributed by atoms with van der Waals surface area (Å²) in [7, 11) is -3.18. The van der Waals surface area contributed by atoms with Gasteiger partial charge >= 0.3 is 0 Å². The Bertz CT molecular complexity index is 545. The SMILES string of the molecule is O=S(=O)(CC1CCCCC1)NC(c1ccccc1)C1CC1. The van der Waals surface area contributed by atoms with Gasteiger partial charge in [-0.3, -0.25) is 0 Å². The maximum absolute atomic E-state index is 12.5. The van der Waals surface area contributed by atoms with Crippen LogP contribution in [0.25, 0.3) is 0 Å². The summed E-state index contributed by atoms with van der Waals surface area (Å²) < 4.78 is 28.0. The average Bonchev–Trinajstić information content (AvgIpc) is 3.31. The maximum atomic E-state index is 12.5. The minimum absolute atomic E-state index is 0.0280. The van der Waals surface area contributed by atoms with Gasteiger partial charge < -0.3 is 0 Å². The van der Waals surface area contributed by atoms with Crippen LogP contribution in [0.5, 0.6) is 0 Å². The van der Waals surface area contributed by atoms with E-state index in [0.717, 1.165) is 31.2 Å². The summed E-state index contributed by atoms with van der Waals surface area (Å²) in [4.78, 5) is 0. The molecule has 1 unspecified atom stereocenters. The van der Waals surface area contributed by atoms with Crippen LogP contribution in [0, 0.1) is 11.8 Å². The van der Waals surface area contributed by atoms with Crippen LogP contribution in [0.1, 0.15) is 56.6 Å². The van der Waals surface area contributed by atoms with Crippen molar-refractivity contribution in [1.82, 2.24) is 4.72 Å². The first-order valence-electron chi connectivity index (χ1n) is 8.19. The van der Waals surface area contributed by atoms with Crippen LogP contribution in [0.2, 0.25) is 0 Å². The predicted octanol–water partition coefficient (Wildman–Crippen LogP) is 3.64. The third kappa shape index (κ3) is 4.30. The Balaban J connectivity index is 1.67. The van der Waals surface area contributed by atoms with Gasteiger partial charge in [0.05, 0.1) is 5.75 Å². The third-order valence-corrected chi connectivity index (χ3v) is 6.26. The predicted molar refractivity (Wildman–Crippen MR) is 85.4 cm³/mol. The molecule has 1 atom stereocenters. The van der Waals surface area contributed by atoms with Gasteiger partial charge in [0.25, 0.3) is 0 Å². The Morgan fingerprint density at radius 3 is 2.29 bits per heavy atom. The lowest BCUT2D eigenvalue weighted by Crippen LogP contribution is -2.34. The summed E-state index contributed by atoms with van der Waals surface area (Å²) in [6.07, 6.45) is 8.03. The molecule has 116 valence electrons. The smallest absolute Gasteiger partial charge is 0.212 e. The molecule has 0 saturated heterocycles. The monoisotopic (exact) mass is 307 g/mol. The van der Waals surface area contributed by atoms with E-state index in [0.29, 0.717) is 17.6 Å². The Hall–Kier alpha value is -0.870. The molecule has 1 aromatic rings. The van der Waals surface area contributed by atoms with E-state index < -0.39 is 10.0 Å². The molecule has 0 spiro atoms. The lowest BCUT2D eigenvalue weighted by atomic mass is 9.91. The van der Waals surface area contributed by atoms with Gasteiger partial charge in [0.1, 0.15) is 0 Å². The van der Waals surface area contributed by atoms with Gasteiger partial charge in [-0.2, -0.15) is 0 Å². The molecule has 3 nitrogen and oxygen atoms in total. The molecule has 2 aliphatic carbocycles. The van der Waals surface area contributed by atoms with Crippen molar-refractivity contribution < 1.29 is 8.42 Å². The van der Waals surface area contributed by atoms with Crippen molar-refractivity contribution in [3.63, 3.8) is 0 Å². The van der Waals surface area contributed by atoms with Crippen LogP contribution < -0.4 is 4.72 Å². The van der Waals surface area contributed by atoms with Crippen LogP contribution in [0.15, 0.2) is 30.3 Å². The first kappa shape index (κ1) is 15.0. The van der Waals surface area contributed by atoms with Gasteiger partial charge in [0.2, 0.25) is 10.0 Å². The summed E-state index contributed by atoms with van der Waals surface area (Å²) in [5, 5.41) is 0. The fourth-order valence-electron chi connectivity index (χ4n) is 3.43. The number of hydrogen-bond donors (Lipinski definition) is 1. The fraction of sp³-hybridized carbons (Fsp3) is 0.647. The molecular formula is C17H25NO2S. The highest BCUT2D eigenvalue weighted by Gasteiger charge is 2.35. The third-order valence-electron chi connectivity index (χ3n) is 4.74. The molecule has 2 aliphatic rings.